The van der Waals surface area contributed by atoms with Crippen LogP contribution in [0.4, 0.5) is 0 Å². The van der Waals surface area contributed by atoms with Crippen LogP contribution in [0.5, 0.6) is 0 Å². The Hall–Kier alpha value is 2.36. The van der Waals surface area contributed by atoms with Gasteiger partial charge in [0.05, 0.1) is 0 Å². The van der Waals surface area contributed by atoms with Crippen LogP contribution in [0, 0.1) is 23.7 Å². The van der Waals surface area contributed by atoms with Gasteiger partial charge in [-0.25, -0.2) is 0 Å². The third kappa shape index (κ3) is 27.0. The molecule has 0 amide bonds. The molecular formula is C33H71O8P3S6. The molecule has 17 heteroatoms. The average molecular weight is 881 g/mol. The van der Waals surface area contributed by atoms with Crippen molar-refractivity contribution in [3.8, 4) is 0 Å². The van der Waals surface area contributed by atoms with Crippen LogP contribution in [-0.2, 0) is 55.6 Å². The zero-order valence-corrected chi connectivity index (χ0v) is 40.9. The molecule has 0 aliphatic heterocycles. The SMILES string of the molecule is CC(C)CC(C)OP(=S)(OC(C)CC(C)C)SCC(C)OP(=S)(OC(C)CS[PH](S)(OC(C)CC(C)C)OC(C)CC(C)C)SCCC(=O)O. The maximum atomic E-state index is 11.4. The van der Waals surface area contributed by atoms with E-state index in [0.717, 1.165) is 25.7 Å². The van der Waals surface area contributed by atoms with Gasteiger partial charge in [-0.3, -0.25) is 0 Å². The van der Waals surface area contributed by atoms with Crippen molar-refractivity contribution in [1.29, 1.82) is 0 Å². The number of thiol groups is 1. The normalized spacial score (nSPS) is 19.3. The van der Waals surface area contributed by atoms with Crippen molar-refractivity contribution in [2.24, 2.45) is 23.7 Å². The summed E-state index contributed by atoms with van der Waals surface area (Å²) in [5.41, 5.74) is -5.68. The predicted octanol–water partition coefficient (Wildman–Crippen LogP) is 13.1. The van der Waals surface area contributed by atoms with Crippen LogP contribution >= 0.6 is 63.9 Å². The summed E-state index contributed by atoms with van der Waals surface area (Å²) in [6.45, 7) is 29.6. The minimum absolute atomic E-state index is 0.00182. The van der Waals surface area contributed by atoms with Gasteiger partial charge in [-0.15, -0.1) is 0 Å². The molecule has 8 nitrogen and oxygen atoms in total. The van der Waals surface area contributed by atoms with Crippen LogP contribution in [0.2, 0.25) is 0 Å². The van der Waals surface area contributed by atoms with E-state index < -0.39 is 23.5 Å². The first-order valence-corrected chi connectivity index (χ1v) is 31.3. The Balaban J connectivity index is 5.86. The fraction of sp³-hybridized carbons (Fsp3) is 0.970. The number of hydrogen-bond acceptors (Lipinski definition) is 13. The van der Waals surface area contributed by atoms with Crippen LogP contribution in [0.1, 0.15) is 129 Å². The zero-order valence-electron chi connectivity index (χ0n) is 33.1. The van der Waals surface area contributed by atoms with Gasteiger partial charge in [-0.05, 0) is 38.5 Å². The molecule has 302 valence electrons. The third-order valence-corrected chi connectivity index (χ3v) is 24.0. The van der Waals surface area contributed by atoms with Crippen LogP contribution < -0.4 is 0 Å². The van der Waals surface area contributed by atoms with Crippen molar-refractivity contribution >= 4 is 93.5 Å². The number of rotatable bonds is 30. The van der Waals surface area contributed by atoms with Crippen molar-refractivity contribution in [2.75, 3.05) is 17.3 Å². The van der Waals surface area contributed by atoms with E-state index in [1.807, 2.05) is 13.8 Å². The molecule has 0 radical (unpaired) electrons. The molecule has 0 aliphatic carbocycles. The molecule has 0 bridgehead atoms. The quantitative estimate of drug-likeness (QED) is 0.0530. The number of carboxylic acid groups (broad SMARTS) is 1. The van der Waals surface area contributed by atoms with Gasteiger partial charge in [0.2, 0.25) is 0 Å². The molecular weight excluding hydrogens is 810 g/mol. The number of hydrogen-bond donors (Lipinski definition) is 2. The second kappa shape index (κ2) is 26.3. The Morgan fingerprint density at radius 2 is 0.940 bits per heavy atom. The fourth-order valence-electron chi connectivity index (χ4n) is 5.22. The second-order valence-electron chi connectivity index (χ2n) is 15.0. The van der Waals surface area contributed by atoms with E-state index in [2.05, 4.69) is 83.1 Å². The Labute approximate surface area is 334 Å². The summed E-state index contributed by atoms with van der Waals surface area (Å²) in [4.78, 5) is 11.4. The van der Waals surface area contributed by atoms with Crippen molar-refractivity contribution in [3.05, 3.63) is 0 Å². The van der Waals surface area contributed by atoms with E-state index in [0.29, 0.717) is 35.2 Å². The summed E-state index contributed by atoms with van der Waals surface area (Å²) in [7, 11) is 0. The van der Waals surface area contributed by atoms with Crippen molar-refractivity contribution in [1.82, 2.24) is 0 Å². The molecule has 0 aromatic heterocycles. The Morgan fingerprint density at radius 3 is 1.32 bits per heavy atom. The van der Waals surface area contributed by atoms with Gasteiger partial charge in [0.25, 0.3) is 0 Å². The predicted molar refractivity (Wildman–Crippen MR) is 237 cm³/mol. The average Bonchev–Trinajstić information content (AvgIpc) is 2.88. The van der Waals surface area contributed by atoms with E-state index in [1.165, 1.54) is 22.8 Å². The van der Waals surface area contributed by atoms with Crippen LogP contribution in [-0.4, -0.2) is 65.0 Å². The monoisotopic (exact) mass is 880 g/mol. The third-order valence-electron chi connectivity index (χ3n) is 6.68. The van der Waals surface area contributed by atoms with E-state index >= 15 is 0 Å². The number of carbonyl (C=O) groups is 1. The first-order chi connectivity index (χ1) is 22.9. The number of aliphatic carboxylic acids is 1. The first-order valence-electron chi connectivity index (χ1n) is 18.0. The molecule has 0 saturated heterocycles. The molecule has 0 saturated carbocycles. The van der Waals surface area contributed by atoms with E-state index in [-0.39, 0.29) is 48.8 Å². The van der Waals surface area contributed by atoms with Crippen molar-refractivity contribution in [3.63, 3.8) is 0 Å². The van der Waals surface area contributed by atoms with E-state index in [9.17, 15) is 9.90 Å². The summed E-state index contributed by atoms with van der Waals surface area (Å²) >= 11 is 21.5. The molecule has 0 aromatic carbocycles. The summed E-state index contributed by atoms with van der Waals surface area (Å²) in [5.74, 6) is 2.35. The molecule has 0 fully saturated rings. The summed E-state index contributed by atoms with van der Waals surface area (Å²) in [6.07, 6.45) is -0.128. The van der Waals surface area contributed by atoms with Gasteiger partial charge in [-0.1, -0.05) is 27.7 Å². The molecule has 0 aromatic rings. The molecule has 0 spiro atoms. The molecule has 7 unspecified atom stereocenters. The fourth-order valence-corrected chi connectivity index (χ4v) is 22.8. The van der Waals surface area contributed by atoms with Gasteiger partial charge < -0.3 is 0 Å². The molecule has 0 aliphatic rings. The number of carboxylic acids is 1. The standard InChI is InChI=1S/C33H71O8P3S6/c1-23(2)17-27(9)36-43(46,37-28(10)18-24(3)4)49-21-31(13)40-42(45,48-16-15-33(34)35)41-32(14)22-50-44(47,38-29(11)19-25(5)6)39-30(12)20-26(7)8/h23-32,43,46H,15-22H2,1-14H3,(H,34,35). The summed E-state index contributed by atoms with van der Waals surface area (Å²) in [5, 5.41) is 9.34. The maximum absolute atomic E-state index is 11.4. The topological polar surface area (TPSA) is 92.7 Å². The Kier molecular flexibility index (Phi) is 27.6. The van der Waals surface area contributed by atoms with Crippen LogP contribution in [0.3, 0.4) is 0 Å². The van der Waals surface area contributed by atoms with Gasteiger partial charge in [0, 0.05) is 0 Å². The molecule has 7 atom stereocenters. The Bertz CT molecular complexity index is 1000. The van der Waals surface area contributed by atoms with E-state index in [4.69, 9.17) is 63.0 Å². The minimum atomic E-state index is -2.97. The van der Waals surface area contributed by atoms with Gasteiger partial charge in [0.1, 0.15) is 0 Å². The van der Waals surface area contributed by atoms with Crippen LogP contribution in [0.15, 0.2) is 0 Å². The summed E-state index contributed by atoms with van der Waals surface area (Å²) in [6, 6.07) is 0. The van der Waals surface area contributed by atoms with Crippen molar-refractivity contribution in [2.45, 2.75) is 166 Å². The zero-order chi connectivity index (χ0) is 38.9. The molecule has 1 N–H and O–H groups in total. The van der Waals surface area contributed by atoms with Crippen molar-refractivity contribution < 1.29 is 37.0 Å². The van der Waals surface area contributed by atoms with Gasteiger partial charge >= 0.3 is 271 Å². The van der Waals surface area contributed by atoms with E-state index in [1.54, 1.807) is 11.4 Å². The molecule has 50 heavy (non-hydrogen) atoms. The summed E-state index contributed by atoms with van der Waals surface area (Å²) < 4.78 is 39.0. The van der Waals surface area contributed by atoms with Gasteiger partial charge in [0.15, 0.2) is 0 Å². The Morgan fingerprint density at radius 1 is 0.600 bits per heavy atom. The first kappa shape index (κ1) is 52.4. The molecule has 0 rings (SSSR count). The second-order valence-corrected chi connectivity index (χ2v) is 34.9. The van der Waals surface area contributed by atoms with Crippen LogP contribution in [0.25, 0.3) is 0 Å². The van der Waals surface area contributed by atoms with Gasteiger partial charge in [-0.2, -0.15) is 0 Å². The molecule has 0 heterocycles.